The fraction of sp³-hybridized carbons (Fsp3) is 0. The average molecular weight is 436 g/mol. The predicted octanol–water partition coefficient (Wildman–Crippen LogP) is -1.70. The summed E-state index contributed by atoms with van der Waals surface area (Å²) in [7, 11) is -16.2. The van der Waals surface area contributed by atoms with Crippen molar-refractivity contribution >= 4 is 40.6 Å². The summed E-state index contributed by atoms with van der Waals surface area (Å²) in [6.45, 7) is 0. The highest BCUT2D eigenvalue weighted by Gasteiger charge is 2.38. The van der Waals surface area contributed by atoms with Crippen molar-refractivity contribution in [2.75, 3.05) is 5.43 Å². The molecule has 9 N–H and O–H groups in total. The van der Waals surface area contributed by atoms with E-state index in [0.29, 0.717) is 0 Å². The van der Waals surface area contributed by atoms with Gasteiger partial charge in [-0.25, -0.2) is 29.5 Å². The molecule has 0 fully saturated rings. The van der Waals surface area contributed by atoms with Gasteiger partial charge < -0.3 is 24.5 Å². The molecule has 26 heavy (non-hydrogen) atoms. The van der Waals surface area contributed by atoms with Gasteiger partial charge in [0.2, 0.25) is 5.95 Å². The van der Waals surface area contributed by atoms with Crippen molar-refractivity contribution in [3.05, 3.63) is 22.7 Å². The Morgan fingerprint density at radius 2 is 1.50 bits per heavy atom. The maximum Gasteiger partial charge on any atom is 0.490 e. The minimum absolute atomic E-state index is 0.165. The fourth-order valence-electron chi connectivity index (χ4n) is 1.23. The molecule has 0 aliphatic carbocycles. The van der Waals surface area contributed by atoms with E-state index >= 15 is 0 Å². The van der Waals surface area contributed by atoms with Crippen molar-refractivity contribution < 1.29 is 46.8 Å². The van der Waals surface area contributed by atoms with Gasteiger partial charge in [0, 0.05) is 12.4 Å². The van der Waals surface area contributed by atoms with Gasteiger partial charge >= 0.3 is 23.5 Å². The first-order valence-corrected chi connectivity index (χ1v) is 10.3. The monoisotopic (exact) mass is 436 g/mol. The quantitative estimate of drug-likeness (QED) is 0.147. The molecule has 2 heterocycles. The summed E-state index contributed by atoms with van der Waals surface area (Å²) in [5.41, 5.74) is 2.32. The van der Waals surface area contributed by atoms with Crippen LogP contribution < -0.4 is 16.8 Å². The van der Waals surface area contributed by atoms with Gasteiger partial charge in [-0.15, -0.1) is 0 Å². The molecule has 0 bridgehead atoms. The zero-order valence-electron chi connectivity index (χ0n) is 12.1. The smallest absolute Gasteiger partial charge is 0.302 e. The number of phosphoric acid groups is 3. The second kappa shape index (κ2) is 8.39. The Hall–Kier alpha value is -1.61. The molecule has 20 heteroatoms. The first-order valence-electron chi connectivity index (χ1n) is 5.76. The molecule has 146 valence electrons. The number of nitrogens with one attached hydrogen (secondary N) is 2. The number of anilines is 1. The molecule has 0 aromatic carbocycles. The SMILES string of the molecule is NNc1nc2nccnc2c(=O)[nH]1.O=P(O)(O)OP(=O)(O)OP(=O)(O)O. The van der Waals surface area contributed by atoms with Crippen LogP contribution in [0.15, 0.2) is 17.2 Å². The Morgan fingerprint density at radius 1 is 1.00 bits per heavy atom. The number of nitrogen functional groups attached to an aromatic ring is 1. The van der Waals surface area contributed by atoms with Crippen LogP contribution in [-0.2, 0) is 22.3 Å². The topological polar surface area (TPSA) is 280 Å². The van der Waals surface area contributed by atoms with E-state index in [1.807, 2.05) is 0 Å². The first-order chi connectivity index (χ1) is 11.7. The Balaban J connectivity index is 0.000000260. The number of hydrazine groups is 1. The molecular weight excluding hydrogens is 425 g/mol. The number of aromatic nitrogens is 4. The third-order valence-corrected chi connectivity index (χ3v) is 5.25. The molecule has 2 rings (SSSR count). The maximum atomic E-state index is 11.3. The number of hydrogen-bond donors (Lipinski definition) is 8. The summed E-state index contributed by atoms with van der Waals surface area (Å²) in [5, 5.41) is 0. The third-order valence-electron chi connectivity index (χ3n) is 1.90. The van der Waals surface area contributed by atoms with E-state index in [4.69, 9.17) is 30.3 Å². The van der Waals surface area contributed by atoms with E-state index in [-0.39, 0.29) is 22.7 Å². The number of aromatic amines is 1. The van der Waals surface area contributed by atoms with Crippen molar-refractivity contribution in [1.82, 2.24) is 19.9 Å². The summed E-state index contributed by atoms with van der Waals surface area (Å²) < 4.78 is 36.4. The normalized spacial score (nSPS) is 12.4. The predicted molar refractivity (Wildman–Crippen MR) is 81.8 cm³/mol. The van der Waals surface area contributed by atoms with E-state index in [9.17, 15) is 18.5 Å². The molecule has 0 aliphatic heterocycles. The summed E-state index contributed by atoms with van der Waals surface area (Å²) in [6.07, 6.45) is 2.88. The Morgan fingerprint density at radius 3 is 1.96 bits per heavy atom. The number of hydrogen-bond acceptors (Lipinski definition) is 11. The highest BCUT2D eigenvalue weighted by molar-refractivity contribution is 7.66. The molecule has 0 saturated carbocycles. The van der Waals surface area contributed by atoms with Crippen molar-refractivity contribution in [2.45, 2.75) is 0 Å². The molecule has 17 nitrogen and oxygen atoms in total. The second-order valence-corrected chi connectivity index (χ2v) is 8.11. The number of rotatable bonds is 5. The zero-order valence-corrected chi connectivity index (χ0v) is 14.8. The highest BCUT2D eigenvalue weighted by atomic mass is 31.3. The highest BCUT2D eigenvalue weighted by Crippen LogP contribution is 2.64. The van der Waals surface area contributed by atoms with Gasteiger partial charge in [0.05, 0.1) is 0 Å². The summed E-state index contributed by atoms with van der Waals surface area (Å²) >= 11 is 0. The van der Waals surface area contributed by atoms with Crippen LogP contribution in [0, 0.1) is 0 Å². The van der Waals surface area contributed by atoms with Gasteiger partial charge in [-0.1, -0.05) is 0 Å². The third kappa shape index (κ3) is 8.18. The van der Waals surface area contributed by atoms with Crippen molar-refractivity contribution in [2.24, 2.45) is 5.84 Å². The van der Waals surface area contributed by atoms with Crippen LogP contribution in [0.4, 0.5) is 5.95 Å². The lowest BCUT2D eigenvalue weighted by Gasteiger charge is -2.11. The van der Waals surface area contributed by atoms with Gasteiger partial charge in [0.15, 0.2) is 11.2 Å². The number of fused-ring (bicyclic) bond motifs is 1. The lowest BCUT2D eigenvalue weighted by atomic mass is 10.5. The lowest BCUT2D eigenvalue weighted by molar-refractivity contribution is 0.204. The van der Waals surface area contributed by atoms with Gasteiger partial charge in [-0.3, -0.25) is 15.2 Å². The molecular formula is C6H11N6O11P3. The molecule has 2 aromatic heterocycles. The Labute approximate surface area is 142 Å². The van der Waals surface area contributed by atoms with Crippen LogP contribution in [-0.4, -0.2) is 44.4 Å². The summed E-state index contributed by atoms with van der Waals surface area (Å²) in [5.74, 6) is 5.24. The van der Waals surface area contributed by atoms with Crippen LogP contribution in [0.2, 0.25) is 0 Å². The van der Waals surface area contributed by atoms with E-state index in [1.165, 1.54) is 12.4 Å². The molecule has 0 atom stereocenters. The van der Waals surface area contributed by atoms with Gasteiger partial charge in [0.25, 0.3) is 5.56 Å². The lowest BCUT2D eigenvalue weighted by Crippen LogP contribution is -2.17. The number of H-pyrrole nitrogens is 1. The zero-order chi connectivity index (χ0) is 20.2. The van der Waals surface area contributed by atoms with Crippen molar-refractivity contribution in [3.63, 3.8) is 0 Å². The average Bonchev–Trinajstić information content (AvgIpc) is 2.42. The molecule has 0 unspecified atom stereocenters. The van der Waals surface area contributed by atoms with Crippen molar-refractivity contribution in [3.8, 4) is 0 Å². The van der Waals surface area contributed by atoms with Crippen LogP contribution >= 0.6 is 23.5 Å². The van der Waals surface area contributed by atoms with Gasteiger partial charge in [0.1, 0.15) is 0 Å². The Bertz CT molecular complexity index is 938. The number of nitrogens with zero attached hydrogens (tertiary/aromatic N) is 3. The Kier molecular flexibility index (Phi) is 7.24. The van der Waals surface area contributed by atoms with Crippen LogP contribution in [0.5, 0.6) is 0 Å². The molecule has 0 spiro atoms. The largest absolute Gasteiger partial charge is 0.490 e. The molecule has 0 amide bonds. The van der Waals surface area contributed by atoms with E-state index < -0.39 is 23.5 Å². The van der Waals surface area contributed by atoms with E-state index in [0.717, 1.165) is 0 Å². The fourth-order valence-corrected chi connectivity index (χ4v) is 3.76. The minimum atomic E-state index is -5.46. The van der Waals surface area contributed by atoms with Gasteiger partial charge in [-0.2, -0.15) is 13.6 Å². The standard InChI is InChI=1S/C6H6N6O.H5O10P3/c7-12-6-10-4-3(5(13)11-6)8-1-2-9-4;1-11(2,3)9-13(7,8)10-12(4,5)6/h1-2H,7H2,(H2,9,10,11,12,13);(H,7,8)(H2,1,2,3)(H2,4,5,6). The first kappa shape index (κ1) is 22.4. The maximum absolute atomic E-state index is 11.3. The van der Waals surface area contributed by atoms with Gasteiger partial charge in [-0.05, 0) is 0 Å². The van der Waals surface area contributed by atoms with E-state index in [2.05, 4.69) is 34.0 Å². The van der Waals surface area contributed by atoms with E-state index in [1.54, 1.807) is 0 Å². The van der Waals surface area contributed by atoms with Crippen LogP contribution in [0.3, 0.4) is 0 Å². The number of nitrogens with two attached hydrogens (primary N) is 1. The second-order valence-electron chi connectivity index (χ2n) is 3.90. The minimum Gasteiger partial charge on any atom is -0.302 e. The molecule has 0 radical (unpaired) electrons. The summed E-state index contributed by atoms with van der Waals surface area (Å²) in [4.78, 5) is 65.4. The van der Waals surface area contributed by atoms with Crippen LogP contribution in [0.1, 0.15) is 0 Å². The van der Waals surface area contributed by atoms with Crippen molar-refractivity contribution in [1.29, 1.82) is 0 Å². The van der Waals surface area contributed by atoms with Crippen LogP contribution in [0.25, 0.3) is 11.2 Å². The molecule has 0 saturated heterocycles. The molecule has 2 aromatic rings. The summed E-state index contributed by atoms with van der Waals surface area (Å²) in [6, 6.07) is 0. The molecule has 0 aliphatic rings.